The third-order valence-electron chi connectivity index (χ3n) is 3.57. The monoisotopic (exact) mass is 324 g/mol. The molecule has 5 heteroatoms. The highest BCUT2D eigenvalue weighted by Crippen LogP contribution is 2.16. The van der Waals surface area contributed by atoms with E-state index in [9.17, 15) is 4.79 Å². The maximum Gasteiger partial charge on any atom is 0.251 e. The Morgan fingerprint density at radius 1 is 1.25 bits per heavy atom. The van der Waals surface area contributed by atoms with E-state index in [1.807, 2.05) is 25.1 Å². The Hall–Kier alpha value is -2.84. The number of nitrogens with one attached hydrogen (secondary N) is 1. The Morgan fingerprint density at radius 2 is 1.96 bits per heavy atom. The number of nitriles is 1. The molecule has 0 aliphatic carbocycles. The van der Waals surface area contributed by atoms with E-state index in [-0.39, 0.29) is 18.4 Å². The number of carbonyl (C=O) groups excluding carboxylic acids is 1. The molecule has 5 nitrogen and oxygen atoms in total. The SMILES string of the molecule is CC(CO)CNC(=O)c1ccc(OCc2ccccc2C#N)cc1. The van der Waals surface area contributed by atoms with Crippen molar-refractivity contribution in [3.8, 4) is 11.8 Å². The second-order valence-corrected chi connectivity index (χ2v) is 5.58. The lowest BCUT2D eigenvalue weighted by Gasteiger charge is -2.11. The summed E-state index contributed by atoms with van der Waals surface area (Å²) < 4.78 is 5.67. The Labute approximate surface area is 141 Å². The highest BCUT2D eigenvalue weighted by molar-refractivity contribution is 5.94. The number of ether oxygens (including phenoxy) is 1. The Morgan fingerprint density at radius 3 is 2.62 bits per heavy atom. The minimum Gasteiger partial charge on any atom is -0.489 e. The summed E-state index contributed by atoms with van der Waals surface area (Å²) in [7, 11) is 0. The zero-order valence-corrected chi connectivity index (χ0v) is 13.5. The molecular weight excluding hydrogens is 304 g/mol. The summed E-state index contributed by atoms with van der Waals surface area (Å²) in [4.78, 5) is 12.0. The smallest absolute Gasteiger partial charge is 0.251 e. The van der Waals surface area contributed by atoms with Crippen molar-refractivity contribution in [3.05, 3.63) is 65.2 Å². The van der Waals surface area contributed by atoms with Gasteiger partial charge in [0.2, 0.25) is 0 Å². The molecule has 124 valence electrons. The van der Waals surface area contributed by atoms with Gasteiger partial charge in [0.05, 0.1) is 11.6 Å². The van der Waals surface area contributed by atoms with Crippen molar-refractivity contribution in [1.29, 1.82) is 5.26 Å². The van der Waals surface area contributed by atoms with Crippen molar-refractivity contribution in [1.82, 2.24) is 5.32 Å². The van der Waals surface area contributed by atoms with Crippen LogP contribution in [0.3, 0.4) is 0 Å². The van der Waals surface area contributed by atoms with E-state index in [0.717, 1.165) is 5.56 Å². The van der Waals surface area contributed by atoms with Crippen molar-refractivity contribution in [3.63, 3.8) is 0 Å². The Kier molecular flexibility index (Phi) is 6.35. The van der Waals surface area contributed by atoms with Gasteiger partial charge < -0.3 is 15.2 Å². The number of hydrogen-bond acceptors (Lipinski definition) is 4. The van der Waals surface area contributed by atoms with Gasteiger partial charge >= 0.3 is 0 Å². The van der Waals surface area contributed by atoms with E-state index in [2.05, 4.69) is 11.4 Å². The summed E-state index contributed by atoms with van der Waals surface area (Å²) in [6.07, 6.45) is 0. The molecule has 0 aliphatic heterocycles. The van der Waals surface area contributed by atoms with Gasteiger partial charge in [-0.1, -0.05) is 25.1 Å². The van der Waals surface area contributed by atoms with E-state index in [1.165, 1.54) is 0 Å². The average Bonchev–Trinajstić information content (AvgIpc) is 2.64. The second-order valence-electron chi connectivity index (χ2n) is 5.58. The second kappa shape index (κ2) is 8.70. The van der Waals surface area contributed by atoms with Gasteiger partial charge in [-0.25, -0.2) is 0 Å². The molecule has 0 radical (unpaired) electrons. The van der Waals surface area contributed by atoms with Crippen LogP contribution in [0.25, 0.3) is 0 Å². The third kappa shape index (κ3) is 4.83. The Bertz CT molecular complexity index is 720. The van der Waals surface area contributed by atoms with Crippen LogP contribution in [0.4, 0.5) is 0 Å². The highest BCUT2D eigenvalue weighted by atomic mass is 16.5. The van der Waals surface area contributed by atoms with Gasteiger partial charge in [-0.05, 0) is 36.2 Å². The lowest BCUT2D eigenvalue weighted by atomic mass is 10.1. The number of nitrogens with zero attached hydrogens (tertiary/aromatic N) is 1. The number of hydrogen-bond donors (Lipinski definition) is 2. The van der Waals surface area contributed by atoms with E-state index < -0.39 is 0 Å². The number of carbonyl (C=O) groups is 1. The topological polar surface area (TPSA) is 82.3 Å². The third-order valence-corrected chi connectivity index (χ3v) is 3.57. The van der Waals surface area contributed by atoms with Crippen LogP contribution in [0.1, 0.15) is 28.4 Å². The predicted molar refractivity (Wildman–Crippen MR) is 90.5 cm³/mol. The van der Waals surface area contributed by atoms with Gasteiger partial charge in [-0.15, -0.1) is 0 Å². The Balaban J connectivity index is 1.92. The van der Waals surface area contributed by atoms with Gasteiger partial charge in [-0.2, -0.15) is 5.26 Å². The predicted octanol–water partition coefficient (Wildman–Crippen LogP) is 2.50. The van der Waals surface area contributed by atoms with Crippen LogP contribution in [0, 0.1) is 17.2 Å². The van der Waals surface area contributed by atoms with Crippen LogP contribution >= 0.6 is 0 Å². The molecule has 2 rings (SSSR count). The van der Waals surface area contributed by atoms with Crippen molar-refractivity contribution in [2.75, 3.05) is 13.2 Å². The maximum absolute atomic E-state index is 12.0. The summed E-state index contributed by atoms with van der Waals surface area (Å²) in [6.45, 7) is 2.62. The van der Waals surface area contributed by atoms with E-state index in [0.29, 0.717) is 30.0 Å². The minimum atomic E-state index is -0.184. The molecule has 24 heavy (non-hydrogen) atoms. The maximum atomic E-state index is 12.0. The lowest BCUT2D eigenvalue weighted by molar-refractivity contribution is 0.0942. The van der Waals surface area contributed by atoms with Gasteiger partial charge in [0.15, 0.2) is 0 Å². The first-order chi connectivity index (χ1) is 11.6. The standard InChI is InChI=1S/C19H20N2O3/c1-14(12-22)11-21-19(23)15-6-8-18(9-7-15)24-13-17-5-3-2-4-16(17)10-20/h2-9,14,22H,11-13H2,1H3,(H,21,23). The van der Waals surface area contributed by atoms with Gasteiger partial charge in [0, 0.05) is 24.3 Å². The molecule has 1 amide bonds. The summed E-state index contributed by atoms with van der Waals surface area (Å²) in [6, 6.07) is 16.2. The molecule has 0 heterocycles. The highest BCUT2D eigenvalue weighted by Gasteiger charge is 2.08. The summed E-state index contributed by atoms with van der Waals surface area (Å²) in [5.41, 5.74) is 1.94. The zero-order valence-electron chi connectivity index (χ0n) is 13.5. The van der Waals surface area contributed by atoms with Crippen LogP contribution in [-0.4, -0.2) is 24.2 Å². The minimum absolute atomic E-state index is 0.0248. The van der Waals surface area contributed by atoms with E-state index in [1.54, 1.807) is 30.3 Å². The lowest BCUT2D eigenvalue weighted by Crippen LogP contribution is -2.29. The van der Waals surface area contributed by atoms with Crippen molar-refractivity contribution in [2.24, 2.45) is 5.92 Å². The fourth-order valence-corrected chi connectivity index (χ4v) is 2.05. The number of benzene rings is 2. The van der Waals surface area contributed by atoms with Gasteiger partial charge in [0.25, 0.3) is 5.91 Å². The van der Waals surface area contributed by atoms with Crippen molar-refractivity contribution < 1.29 is 14.6 Å². The average molecular weight is 324 g/mol. The van der Waals surface area contributed by atoms with Crippen LogP contribution in [-0.2, 0) is 6.61 Å². The molecule has 1 unspecified atom stereocenters. The summed E-state index contributed by atoms with van der Waals surface area (Å²) in [5, 5.41) is 20.8. The van der Waals surface area contributed by atoms with Gasteiger partial charge in [-0.3, -0.25) is 4.79 Å². The summed E-state index contributed by atoms with van der Waals surface area (Å²) in [5.74, 6) is 0.469. The molecule has 1 atom stereocenters. The zero-order chi connectivity index (χ0) is 17.4. The molecule has 0 fully saturated rings. The van der Waals surface area contributed by atoms with Crippen LogP contribution < -0.4 is 10.1 Å². The molecule has 0 aliphatic rings. The number of aliphatic hydroxyl groups is 1. The molecule has 0 bridgehead atoms. The van der Waals surface area contributed by atoms with Crippen molar-refractivity contribution in [2.45, 2.75) is 13.5 Å². The largest absolute Gasteiger partial charge is 0.489 e. The number of aliphatic hydroxyl groups excluding tert-OH is 1. The molecule has 2 aromatic carbocycles. The quantitative estimate of drug-likeness (QED) is 0.820. The molecule has 2 aromatic rings. The van der Waals surface area contributed by atoms with Crippen LogP contribution in [0.2, 0.25) is 0 Å². The van der Waals surface area contributed by atoms with Crippen LogP contribution in [0.15, 0.2) is 48.5 Å². The first kappa shape index (κ1) is 17.5. The normalized spacial score (nSPS) is 11.4. The molecular formula is C19H20N2O3. The number of amides is 1. The number of rotatable bonds is 7. The summed E-state index contributed by atoms with van der Waals surface area (Å²) >= 11 is 0. The molecule has 0 aromatic heterocycles. The van der Waals surface area contributed by atoms with Crippen molar-refractivity contribution >= 4 is 5.91 Å². The molecule has 0 spiro atoms. The first-order valence-electron chi connectivity index (χ1n) is 7.74. The first-order valence-corrected chi connectivity index (χ1v) is 7.74. The van der Waals surface area contributed by atoms with E-state index in [4.69, 9.17) is 15.1 Å². The molecule has 0 saturated carbocycles. The van der Waals surface area contributed by atoms with E-state index >= 15 is 0 Å². The fraction of sp³-hybridized carbons (Fsp3) is 0.263. The fourth-order valence-electron chi connectivity index (χ4n) is 2.05. The molecule has 2 N–H and O–H groups in total. The van der Waals surface area contributed by atoms with Gasteiger partial charge in [0.1, 0.15) is 12.4 Å². The van der Waals surface area contributed by atoms with Crippen LogP contribution in [0.5, 0.6) is 5.75 Å². The molecule has 0 saturated heterocycles.